The molecule has 1 saturated heterocycles. The molecule has 3 rings (SSSR count). The van der Waals surface area contributed by atoms with E-state index in [1.165, 1.54) is 12.1 Å². The first-order valence-corrected chi connectivity index (χ1v) is 8.50. The predicted molar refractivity (Wildman–Crippen MR) is 98.6 cm³/mol. The smallest absolute Gasteiger partial charge is 0.289 e. The molecule has 1 fully saturated rings. The Bertz CT molecular complexity index is 843. The maximum absolute atomic E-state index is 13.2. The van der Waals surface area contributed by atoms with Crippen molar-refractivity contribution in [2.45, 2.75) is 13.5 Å². The van der Waals surface area contributed by atoms with Crippen LogP contribution in [0.15, 0.2) is 29.6 Å². The normalized spacial score (nSPS) is 15.4. The fourth-order valence-corrected chi connectivity index (χ4v) is 3.38. The van der Waals surface area contributed by atoms with Crippen LogP contribution in [-0.4, -0.2) is 41.3 Å². The second kappa shape index (κ2) is 7.37. The highest BCUT2D eigenvalue weighted by molar-refractivity contribution is 6.34. The van der Waals surface area contributed by atoms with Gasteiger partial charge in [-0.25, -0.2) is 9.49 Å². The van der Waals surface area contributed by atoms with Gasteiger partial charge in [0, 0.05) is 32.7 Å². The molecule has 1 aliphatic heterocycles. The highest BCUT2D eigenvalue weighted by Gasteiger charge is 2.23. The molecule has 0 atom stereocenters. The number of anilines is 1. The minimum Gasteiger partial charge on any atom is -0.363 e. The first kappa shape index (κ1) is 17.6. The monoisotopic (exact) mass is 362 g/mol. The standard InChI is InChI=1S/C18H20ClFN4O/c1-3-15-16(19)17(18(25)22-21-15)24-8-6-23(7-9-24)11-13-4-5-14(20)10-12(13)2/h3-5,10H,1,6-9,11H2,2H3,(H,22,25). The van der Waals surface area contributed by atoms with E-state index in [-0.39, 0.29) is 11.4 Å². The predicted octanol–water partition coefficient (Wildman–Crippen LogP) is 2.84. The summed E-state index contributed by atoms with van der Waals surface area (Å²) in [5.74, 6) is -0.212. The summed E-state index contributed by atoms with van der Waals surface area (Å²) in [5, 5.41) is 6.69. The molecule has 2 aromatic rings. The van der Waals surface area contributed by atoms with E-state index in [1.807, 2.05) is 17.9 Å². The molecule has 2 heterocycles. The van der Waals surface area contributed by atoms with Gasteiger partial charge in [0.25, 0.3) is 5.56 Å². The van der Waals surface area contributed by atoms with Gasteiger partial charge in [0.05, 0.1) is 5.02 Å². The van der Waals surface area contributed by atoms with Crippen molar-refractivity contribution in [2.75, 3.05) is 31.1 Å². The Morgan fingerprint density at radius 2 is 2.08 bits per heavy atom. The summed E-state index contributed by atoms with van der Waals surface area (Å²) in [7, 11) is 0. The highest BCUT2D eigenvalue weighted by Crippen LogP contribution is 2.25. The second-order valence-corrected chi connectivity index (χ2v) is 6.52. The summed E-state index contributed by atoms with van der Waals surface area (Å²) in [4.78, 5) is 16.4. The molecule has 0 amide bonds. The molecule has 132 valence electrons. The number of nitrogens with zero attached hydrogens (tertiary/aromatic N) is 3. The fraction of sp³-hybridized carbons (Fsp3) is 0.333. The molecule has 5 nitrogen and oxygen atoms in total. The lowest BCUT2D eigenvalue weighted by atomic mass is 10.1. The Labute approximate surface area is 150 Å². The summed E-state index contributed by atoms with van der Waals surface area (Å²) in [5.41, 5.74) is 2.69. The summed E-state index contributed by atoms with van der Waals surface area (Å²) in [6.45, 7) is 9.29. The van der Waals surface area contributed by atoms with Gasteiger partial charge in [0.15, 0.2) is 0 Å². The lowest BCUT2D eigenvalue weighted by Gasteiger charge is -2.36. The van der Waals surface area contributed by atoms with Crippen molar-refractivity contribution in [2.24, 2.45) is 0 Å². The van der Waals surface area contributed by atoms with Gasteiger partial charge in [-0.1, -0.05) is 24.2 Å². The average molecular weight is 363 g/mol. The summed E-state index contributed by atoms with van der Waals surface area (Å²) >= 11 is 6.30. The summed E-state index contributed by atoms with van der Waals surface area (Å²) in [6, 6.07) is 4.88. The van der Waals surface area contributed by atoms with Crippen LogP contribution in [0.3, 0.4) is 0 Å². The second-order valence-electron chi connectivity index (χ2n) is 6.14. The maximum atomic E-state index is 13.2. The minimum atomic E-state index is -0.293. The number of benzene rings is 1. The van der Waals surface area contributed by atoms with E-state index in [0.717, 1.165) is 30.8 Å². The molecule has 1 aromatic heterocycles. The van der Waals surface area contributed by atoms with E-state index in [9.17, 15) is 9.18 Å². The Kier molecular flexibility index (Phi) is 5.20. The van der Waals surface area contributed by atoms with Gasteiger partial charge >= 0.3 is 0 Å². The average Bonchev–Trinajstić information content (AvgIpc) is 2.59. The highest BCUT2D eigenvalue weighted by atomic mass is 35.5. The lowest BCUT2D eigenvalue weighted by Crippen LogP contribution is -2.47. The van der Waals surface area contributed by atoms with Gasteiger partial charge in [0.2, 0.25) is 0 Å². The summed E-state index contributed by atoms with van der Waals surface area (Å²) < 4.78 is 13.2. The molecule has 0 radical (unpaired) electrons. The first-order chi connectivity index (χ1) is 12.0. The van der Waals surface area contributed by atoms with Gasteiger partial charge in [-0.3, -0.25) is 9.69 Å². The van der Waals surface area contributed by atoms with Crippen LogP contribution in [0.5, 0.6) is 0 Å². The first-order valence-electron chi connectivity index (χ1n) is 8.12. The fourth-order valence-electron chi connectivity index (χ4n) is 3.06. The quantitative estimate of drug-likeness (QED) is 0.908. The van der Waals surface area contributed by atoms with Crippen molar-refractivity contribution in [3.8, 4) is 0 Å². The van der Waals surface area contributed by atoms with Gasteiger partial charge in [-0.05, 0) is 36.3 Å². The third-order valence-corrected chi connectivity index (χ3v) is 4.88. The van der Waals surface area contributed by atoms with Crippen LogP contribution in [0.25, 0.3) is 6.08 Å². The maximum Gasteiger partial charge on any atom is 0.289 e. The molecule has 7 heteroatoms. The van der Waals surface area contributed by atoms with Crippen LogP contribution in [0.1, 0.15) is 16.8 Å². The Morgan fingerprint density at radius 1 is 1.36 bits per heavy atom. The van der Waals surface area contributed by atoms with Crippen LogP contribution < -0.4 is 10.5 Å². The van der Waals surface area contributed by atoms with Crippen molar-refractivity contribution < 1.29 is 4.39 Å². The van der Waals surface area contributed by atoms with Crippen LogP contribution in [0.4, 0.5) is 10.1 Å². The van der Waals surface area contributed by atoms with Gasteiger partial charge in [-0.15, -0.1) is 0 Å². The van der Waals surface area contributed by atoms with Crippen molar-refractivity contribution >= 4 is 23.4 Å². The van der Waals surface area contributed by atoms with Crippen molar-refractivity contribution in [1.29, 1.82) is 0 Å². The summed E-state index contributed by atoms with van der Waals surface area (Å²) in [6.07, 6.45) is 1.52. The molecule has 1 aromatic carbocycles. The number of piperazine rings is 1. The zero-order valence-electron chi connectivity index (χ0n) is 14.1. The molecular weight excluding hydrogens is 343 g/mol. The number of aromatic nitrogens is 2. The Balaban J connectivity index is 1.70. The molecule has 1 N–H and O–H groups in total. The van der Waals surface area contributed by atoms with E-state index in [1.54, 1.807) is 6.07 Å². The zero-order chi connectivity index (χ0) is 18.0. The molecule has 1 aliphatic rings. The number of nitrogens with one attached hydrogen (secondary N) is 1. The molecule has 0 saturated carbocycles. The van der Waals surface area contributed by atoms with Crippen LogP contribution >= 0.6 is 11.6 Å². The third-order valence-electron chi connectivity index (χ3n) is 4.51. The van der Waals surface area contributed by atoms with Crippen LogP contribution in [0, 0.1) is 12.7 Å². The molecular formula is C18H20ClFN4O. The number of halogens is 2. The van der Waals surface area contributed by atoms with Gasteiger partial charge < -0.3 is 4.90 Å². The Hall–Kier alpha value is -2.18. The molecule has 0 spiro atoms. The van der Waals surface area contributed by atoms with Gasteiger partial charge in [0.1, 0.15) is 17.2 Å². The molecule has 25 heavy (non-hydrogen) atoms. The number of hydrogen-bond donors (Lipinski definition) is 1. The van der Waals surface area contributed by atoms with E-state index in [0.29, 0.717) is 29.5 Å². The van der Waals surface area contributed by atoms with Crippen LogP contribution in [0.2, 0.25) is 5.02 Å². The van der Waals surface area contributed by atoms with E-state index >= 15 is 0 Å². The van der Waals surface area contributed by atoms with E-state index in [4.69, 9.17) is 11.6 Å². The van der Waals surface area contributed by atoms with E-state index in [2.05, 4.69) is 21.7 Å². The third kappa shape index (κ3) is 3.75. The number of hydrogen-bond acceptors (Lipinski definition) is 4. The number of aryl methyl sites for hydroxylation is 1. The van der Waals surface area contributed by atoms with Crippen molar-refractivity contribution in [1.82, 2.24) is 15.1 Å². The Morgan fingerprint density at radius 3 is 2.72 bits per heavy atom. The molecule has 0 bridgehead atoms. The van der Waals surface area contributed by atoms with Crippen LogP contribution in [-0.2, 0) is 6.54 Å². The largest absolute Gasteiger partial charge is 0.363 e. The zero-order valence-corrected chi connectivity index (χ0v) is 14.8. The molecule has 0 aliphatic carbocycles. The number of H-pyrrole nitrogens is 1. The minimum absolute atomic E-state index is 0.212. The van der Waals surface area contributed by atoms with Crippen molar-refractivity contribution in [3.05, 3.63) is 62.8 Å². The number of aromatic amines is 1. The van der Waals surface area contributed by atoms with Crippen molar-refractivity contribution in [3.63, 3.8) is 0 Å². The van der Waals surface area contributed by atoms with Gasteiger partial charge in [-0.2, -0.15) is 5.10 Å². The topological polar surface area (TPSA) is 52.2 Å². The number of rotatable bonds is 4. The molecule has 0 unspecified atom stereocenters. The SMILES string of the molecule is C=Cc1n[nH]c(=O)c(N2CCN(Cc3ccc(F)cc3C)CC2)c1Cl. The van der Waals surface area contributed by atoms with E-state index < -0.39 is 0 Å². The lowest BCUT2D eigenvalue weighted by molar-refractivity contribution is 0.249.